The van der Waals surface area contributed by atoms with Crippen LogP contribution in [-0.2, 0) is 25.9 Å². The summed E-state index contributed by atoms with van der Waals surface area (Å²) in [5.41, 5.74) is -0.0446. The molecule has 0 aliphatic carbocycles. The molecular weight excluding hydrogens is 1180 g/mol. The number of halogens is 34. The van der Waals surface area contributed by atoms with Crippen LogP contribution in [0, 0.1) is 0 Å². The molecule has 0 aromatic carbocycles. The van der Waals surface area contributed by atoms with Crippen LogP contribution in [0.5, 0.6) is 0 Å². The third-order valence-electron chi connectivity index (χ3n) is 12.1. The fraction of sp³-hybridized carbons (Fsp3) is 0.762. The van der Waals surface area contributed by atoms with Crippen LogP contribution >= 0.6 is 0 Å². The van der Waals surface area contributed by atoms with Crippen molar-refractivity contribution >= 4 is 0 Å². The number of aromatic nitrogens is 2. The Morgan fingerprint density at radius 1 is 0.244 bits per heavy atom. The molecule has 0 bridgehead atoms. The van der Waals surface area contributed by atoms with Gasteiger partial charge in [-0.1, -0.05) is 63.5 Å². The van der Waals surface area contributed by atoms with Crippen LogP contribution in [0.3, 0.4) is 0 Å². The summed E-state index contributed by atoms with van der Waals surface area (Å²) in [6.07, 6.45) is -15.4. The summed E-state index contributed by atoms with van der Waals surface area (Å²) in [4.78, 5) is 0. The maximum absolute atomic E-state index is 14.5. The molecule has 2 aromatic heterocycles. The number of rotatable bonds is 31. The molecule has 0 fully saturated rings. The summed E-state index contributed by atoms with van der Waals surface area (Å²) >= 11 is 0. The van der Waals surface area contributed by atoms with Crippen LogP contribution in [0.2, 0.25) is 0 Å². The van der Waals surface area contributed by atoms with Crippen molar-refractivity contribution in [2.24, 2.45) is 0 Å². The topological polar surface area (TPSA) is 7.76 Å². The molecule has 78 heavy (non-hydrogen) atoms. The number of hydrogen-bond acceptors (Lipinski definition) is 0. The van der Waals surface area contributed by atoms with E-state index in [4.69, 9.17) is 0 Å². The van der Waals surface area contributed by atoms with Gasteiger partial charge in [0.25, 0.3) is 0 Å². The fourth-order valence-electron chi connectivity index (χ4n) is 7.17. The minimum Gasteiger partial charge on any atom is -0.202 e. The molecule has 2 nitrogen and oxygen atoms in total. The number of nitrogens with zero attached hydrogens (tertiary/aromatic N) is 2. The molecule has 0 aliphatic rings. The molecule has 0 amide bonds. The van der Waals surface area contributed by atoms with Gasteiger partial charge in [0.1, 0.15) is 0 Å². The Hall–Kier alpha value is -4.08. The summed E-state index contributed by atoms with van der Waals surface area (Å²) in [5.74, 6) is -114. The zero-order valence-electron chi connectivity index (χ0n) is 38.7. The second kappa shape index (κ2) is 23.0. The van der Waals surface area contributed by atoms with E-state index in [0.717, 1.165) is 36.7 Å². The Kier molecular flexibility index (Phi) is 20.7. The molecule has 0 N–H and O–H groups in total. The van der Waals surface area contributed by atoms with Crippen molar-refractivity contribution in [3.63, 3.8) is 0 Å². The van der Waals surface area contributed by atoms with Crippen molar-refractivity contribution in [2.45, 2.75) is 198 Å². The highest BCUT2D eigenvalue weighted by Crippen LogP contribution is 2.66. The van der Waals surface area contributed by atoms with Gasteiger partial charge >= 0.3 is 95.3 Å². The van der Waals surface area contributed by atoms with Crippen molar-refractivity contribution in [1.29, 1.82) is 0 Å². The molecule has 2 aromatic rings. The fourth-order valence-corrected chi connectivity index (χ4v) is 7.17. The van der Waals surface area contributed by atoms with E-state index < -0.39 is 121 Å². The second-order valence-corrected chi connectivity index (χ2v) is 17.6. The lowest BCUT2D eigenvalue weighted by molar-refractivity contribution is -0.707. The van der Waals surface area contributed by atoms with Gasteiger partial charge in [0.05, 0.1) is 12.8 Å². The monoisotopic (exact) mass is 1220 g/mol. The third kappa shape index (κ3) is 12.4. The van der Waals surface area contributed by atoms with Crippen molar-refractivity contribution in [2.75, 3.05) is 0 Å². The number of alkyl halides is 34. The molecule has 0 unspecified atom stereocenters. The molecule has 0 radical (unpaired) electrons. The van der Waals surface area contributed by atoms with E-state index >= 15 is 0 Å². The van der Waals surface area contributed by atoms with Crippen LogP contribution in [-0.4, -0.2) is 95.3 Å². The molecule has 0 aliphatic heterocycles. The Balaban J connectivity index is 1.92. The molecule has 454 valence electrons. The Morgan fingerprint density at radius 2 is 0.449 bits per heavy atom. The van der Waals surface area contributed by atoms with Gasteiger partial charge in [-0.2, -0.15) is 149 Å². The van der Waals surface area contributed by atoms with Crippen molar-refractivity contribution in [1.82, 2.24) is 0 Å². The lowest BCUT2D eigenvalue weighted by atomic mass is 9.88. The molecule has 0 atom stereocenters. The van der Waals surface area contributed by atoms with Crippen molar-refractivity contribution in [3.8, 4) is 0 Å². The van der Waals surface area contributed by atoms with E-state index in [2.05, 4.69) is 0 Å². The zero-order chi connectivity index (χ0) is 61.3. The second-order valence-electron chi connectivity index (χ2n) is 17.6. The Labute approximate surface area is 417 Å². The molecular formula is C42H40F34N2+2. The van der Waals surface area contributed by atoms with Crippen LogP contribution < -0.4 is 9.13 Å². The van der Waals surface area contributed by atoms with Crippen LogP contribution in [0.15, 0.2) is 48.8 Å². The quantitative estimate of drug-likeness (QED) is 0.0404. The van der Waals surface area contributed by atoms with E-state index in [1.54, 1.807) is 0 Å². The minimum absolute atomic E-state index is 0.0223. The number of aryl methyl sites for hydroxylation is 4. The van der Waals surface area contributed by atoms with E-state index in [-0.39, 0.29) is 37.1 Å². The lowest BCUT2D eigenvalue weighted by Gasteiger charge is -2.42. The summed E-state index contributed by atoms with van der Waals surface area (Å²) in [6.45, 7) is -3.02. The lowest BCUT2D eigenvalue weighted by Crippen LogP contribution is -2.74. The summed E-state index contributed by atoms with van der Waals surface area (Å²) < 4.78 is 465. The number of pyridine rings is 2. The highest BCUT2D eigenvalue weighted by molar-refractivity contribution is 5.17. The summed E-state index contributed by atoms with van der Waals surface area (Å²) in [5, 5.41) is 0. The molecule has 0 spiro atoms. The maximum Gasteiger partial charge on any atom is 0.460 e. The van der Waals surface area contributed by atoms with Gasteiger partial charge in [0, 0.05) is 37.1 Å². The first-order chi connectivity index (χ1) is 34.6. The first kappa shape index (κ1) is 70.0. The van der Waals surface area contributed by atoms with Gasteiger partial charge in [-0.25, -0.2) is 9.13 Å². The highest BCUT2D eigenvalue weighted by Gasteiger charge is 2.97. The Bertz CT molecular complexity index is 2090. The van der Waals surface area contributed by atoms with Gasteiger partial charge in [0.15, 0.2) is 36.9 Å². The van der Waals surface area contributed by atoms with Gasteiger partial charge in [-0.3, -0.25) is 0 Å². The maximum atomic E-state index is 14.5. The molecule has 36 heteroatoms. The minimum atomic E-state index is -8.74. The van der Waals surface area contributed by atoms with E-state index in [9.17, 15) is 149 Å². The average molecular weight is 1220 g/mol. The third-order valence-corrected chi connectivity index (χ3v) is 12.1. The summed E-state index contributed by atoms with van der Waals surface area (Å²) in [6, 6.07) is 6.88. The predicted molar refractivity (Wildman–Crippen MR) is 197 cm³/mol. The van der Waals surface area contributed by atoms with Crippen LogP contribution in [0.25, 0.3) is 0 Å². The van der Waals surface area contributed by atoms with Crippen LogP contribution in [0.4, 0.5) is 149 Å². The standard InChI is InChI=1S/C42H40F34N2/c43-27(44,29(47,48)31(51,52)33(55,56)35(59,60)37(63,64)39(67,68)41(71,72)73)19-23-77-21-13-11-17-25(77)15-9-7-5-3-1-2-4-6-8-10-16-26-18-12-14-22-78(26)24-20-28(45,46)30(49,50)32(53,54)34(57,58)36(61,62)38(65,66)40(69,70)42(74,75)76/h11-14,17-18,21-22H,1-10,15-16,19-20,23-24H2/q+2. The largest absolute Gasteiger partial charge is 0.460 e. The smallest absolute Gasteiger partial charge is 0.202 e. The summed E-state index contributed by atoms with van der Waals surface area (Å²) in [7, 11) is 0. The van der Waals surface area contributed by atoms with E-state index in [1.807, 2.05) is 0 Å². The van der Waals surface area contributed by atoms with Gasteiger partial charge < -0.3 is 0 Å². The van der Waals surface area contributed by atoms with Crippen LogP contribution in [0.1, 0.15) is 88.4 Å². The van der Waals surface area contributed by atoms with Gasteiger partial charge in [0.2, 0.25) is 0 Å². The molecule has 0 saturated heterocycles. The normalized spacial score (nSPS) is 15.4. The van der Waals surface area contributed by atoms with Gasteiger partial charge in [-0.05, 0) is 12.8 Å². The number of hydrogen-bond donors (Lipinski definition) is 0. The number of unbranched alkanes of at least 4 members (excludes halogenated alkanes) is 9. The highest BCUT2D eigenvalue weighted by atomic mass is 19.4. The first-order valence-corrected chi connectivity index (χ1v) is 22.0. The molecule has 0 saturated carbocycles. The first-order valence-electron chi connectivity index (χ1n) is 22.0. The van der Waals surface area contributed by atoms with Crippen molar-refractivity contribution < 1.29 is 158 Å². The van der Waals surface area contributed by atoms with E-state index in [1.165, 1.54) is 12.1 Å². The zero-order valence-corrected chi connectivity index (χ0v) is 38.7. The molecule has 2 heterocycles. The SMILES string of the molecule is FC(F)(F)C(F)(F)C(F)(F)C(F)(F)C(F)(F)C(F)(F)C(F)(F)C(F)(F)CC[n+]1ccccc1CCCCCCCCCCCCc1cccc[n+]1CCC(F)(F)C(F)(F)C(F)(F)C(F)(F)C(F)(F)C(F)(F)C(F)(F)C(F)(F)F. The Morgan fingerprint density at radius 3 is 0.679 bits per heavy atom. The van der Waals surface area contributed by atoms with E-state index in [0.29, 0.717) is 60.5 Å². The van der Waals surface area contributed by atoms with Gasteiger partial charge in [-0.15, -0.1) is 0 Å². The average Bonchev–Trinajstić information content (AvgIpc) is 3.29. The molecule has 2 rings (SSSR count). The predicted octanol–water partition coefficient (Wildman–Crippen LogP) is 16.7. The van der Waals surface area contributed by atoms with Crippen molar-refractivity contribution in [3.05, 3.63) is 60.2 Å².